The maximum atomic E-state index is 14.1. The van der Waals surface area contributed by atoms with E-state index in [1.54, 1.807) is 12.1 Å². The minimum absolute atomic E-state index is 0.0136. The molecule has 1 aliphatic rings. The predicted molar refractivity (Wildman–Crippen MR) is 82.1 cm³/mol. The molecule has 0 spiro atoms. The van der Waals surface area contributed by atoms with Gasteiger partial charge in [0.25, 0.3) is 0 Å². The lowest BCUT2D eigenvalue weighted by molar-refractivity contribution is -0.123. The standard InChI is InChI=1S/C15H19ClFN3O2/c1-9(2)14(11-4-3-10(16)7-12(11)17)19-15(22)20-6-5-18-13(21)8-20/h3-4,7,9,14H,5-6,8H2,1-2H3,(H,18,21)(H,19,22). The maximum Gasteiger partial charge on any atom is 0.318 e. The van der Waals surface area contributed by atoms with Crippen molar-refractivity contribution >= 4 is 23.5 Å². The fourth-order valence-corrected chi connectivity index (χ4v) is 2.55. The number of rotatable bonds is 3. The summed E-state index contributed by atoms with van der Waals surface area (Å²) in [5, 5.41) is 5.77. The summed E-state index contributed by atoms with van der Waals surface area (Å²) in [4.78, 5) is 25.1. The molecular weight excluding hydrogens is 309 g/mol. The van der Waals surface area contributed by atoms with Crippen molar-refractivity contribution in [3.8, 4) is 0 Å². The van der Waals surface area contributed by atoms with Gasteiger partial charge in [-0.15, -0.1) is 0 Å². The normalized spacial score (nSPS) is 16.4. The Balaban J connectivity index is 2.15. The topological polar surface area (TPSA) is 61.4 Å². The average molecular weight is 328 g/mol. The minimum Gasteiger partial charge on any atom is -0.353 e. The summed E-state index contributed by atoms with van der Waals surface area (Å²) in [6.45, 7) is 4.66. The van der Waals surface area contributed by atoms with E-state index in [-0.39, 0.29) is 24.4 Å². The van der Waals surface area contributed by atoms with Gasteiger partial charge in [-0.2, -0.15) is 0 Å². The van der Waals surface area contributed by atoms with Crippen LogP contribution in [-0.4, -0.2) is 36.5 Å². The number of carbonyl (C=O) groups excluding carboxylic acids is 2. The van der Waals surface area contributed by atoms with Crippen molar-refractivity contribution in [1.82, 2.24) is 15.5 Å². The highest BCUT2D eigenvalue weighted by molar-refractivity contribution is 6.30. The van der Waals surface area contributed by atoms with Gasteiger partial charge in [-0.25, -0.2) is 9.18 Å². The fourth-order valence-electron chi connectivity index (χ4n) is 2.39. The number of benzene rings is 1. The molecule has 5 nitrogen and oxygen atoms in total. The average Bonchev–Trinajstić information content (AvgIpc) is 2.45. The van der Waals surface area contributed by atoms with Gasteiger partial charge >= 0.3 is 6.03 Å². The molecule has 2 N–H and O–H groups in total. The van der Waals surface area contributed by atoms with E-state index in [0.29, 0.717) is 23.7 Å². The smallest absolute Gasteiger partial charge is 0.318 e. The Hall–Kier alpha value is -1.82. The number of carbonyl (C=O) groups is 2. The third-order valence-electron chi connectivity index (χ3n) is 3.57. The van der Waals surface area contributed by atoms with Crippen molar-refractivity contribution in [2.24, 2.45) is 5.92 Å². The molecule has 0 saturated carbocycles. The molecule has 1 aliphatic heterocycles. The number of nitrogens with one attached hydrogen (secondary N) is 2. The summed E-state index contributed by atoms with van der Waals surface area (Å²) in [7, 11) is 0. The van der Waals surface area contributed by atoms with Gasteiger partial charge in [0.05, 0.1) is 6.04 Å². The van der Waals surface area contributed by atoms with Gasteiger partial charge in [0.15, 0.2) is 0 Å². The van der Waals surface area contributed by atoms with Gasteiger partial charge in [-0.1, -0.05) is 31.5 Å². The molecule has 1 saturated heterocycles. The van der Waals surface area contributed by atoms with Crippen molar-refractivity contribution < 1.29 is 14.0 Å². The highest BCUT2D eigenvalue weighted by Gasteiger charge is 2.26. The minimum atomic E-state index is -0.491. The number of amides is 3. The molecule has 1 aromatic carbocycles. The van der Waals surface area contributed by atoms with E-state index in [1.807, 2.05) is 13.8 Å². The first-order valence-corrected chi connectivity index (χ1v) is 7.53. The highest BCUT2D eigenvalue weighted by atomic mass is 35.5. The molecule has 1 heterocycles. The summed E-state index contributed by atoms with van der Waals surface area (Å²) in [6.07, 6.45) is 0. The monoisotopic (exact) mass is 327 g/mol. The number of halogens is 2. The molecule has 120 valence electrons. The fraction of sp³-hybridized carbons (Fsp3) is 0.467. The van der Waals surface area contributed by atoms with Gasteiger partial charge < -0.3 is 15.5 Å². The Labute approximate surface area is 133 Å². The van der Waals surface area contributed by atoms with Crippen LogP contribution in [0, 0.1) is 11.7 Å². The highest BCUT2D eigenvalue weighted by Crippen LogP contribution is 2.26. The van der Waals surface area contributed by atoms with Crippen LogP contribution in [0.4, 0.5) is 9.18 Å². The van der Waals surface area contributed by atoms with Crippen LogP contribution >= 0.6 is 11.6 Å². The lowest BCUT2D eigenvalue weighted by Crippen LogP contribution is -2.53. The molecule has 1 unspecified atom stereocenters. The maximum absolute atomic E-state index is 14.1. The molecule has 1 fully saturated rings. The Kier molecular flexibility index (Phi) is 5.24. The van der Waals surface area contributed by atoms with Gasteiger partial charge in [0.2, 0.25) is 5.91 Å². The lowest BCUT2D eigenvalue weighted by Gasteiger charge is -2.30. The number of urea groups is 1. The van der Waals surface area contributed by atoms with E-state index in [2.05, 4.69) is 10.6 Å². The van der Waals surface area contributed by atoms with Crippen LogP contribution < -0.4 is 10.6 Å². The van der Waals surface area contributed by atoms with Crippen molar-refractivity contribution in [2.45, 2.75) is 19.9 Å². The zero-order valence-electron chi connectivity index (χ0n) is 12.5. The second kappa shape index (κ2) is 6.96. The third kappa shape index (κ3) is 3.88. The molecule has 7 heteroatoms. The van der Waals surface area contributed by atoms with Crippen LogP contribution in [0.2, 0.25) is 5.02 Å². The third-order valence-corrected chi connectivity index (χ3v) is 3.80. The van der Waals surface area contributed by atoms with Crippen molar-refractivity contribution in [1.29, 1.82) is 0 Å². The van der Waals surface area contributed by atoms with E-state index >= 15 is 0 Å². The molecule has 22 heavy (non-hydrogen) atoms. The second-order valence-corrected chi connectivity index (χ2v) is 6.04. The van der Waals surface area contributed by atoms with Gasteiger partial charge in [0, 0.05) is 23.7 Å². The summed E-state index contributed by atoms with van der Waals surface area (Å²) in [5.41, 5.74) is 0.384. The van der Waals surface area contributed by atoms with Crippen LogP contribution in [0.15, 0.2) is 18.2 Å². The molecule has 1 atom stereocenters. The largest absolute Gasteiger partial charge is 0.353 e. The SMILES string of the molecule is CC(C)C(NC(=O)N1CCNC(=O)C1)c1ccc(Cl)cc1F. The quantitative estimate of drug-likeness (QED) is 0.895. The zero-order chi connectivity index (χ0) is 16.3. The molecule has 2 rings (SSSR count). The molecule has 0 aromatic heterocycles. The molecule has 0 bridgehead atoms. The first-order valence-electron chi connectivity index (χ1n) is 7.15. The summed E-state index contributed by atoms with van der Waals surface area (Å²) >= 11 is 5.76. The summed E-state index contributed by atoms with van der Waals surface area (Å²) in [5.74, 6) is -0.665. The predicted octanol–water partition coefficient (Wildman–Crippen LogP) is 2.32. The Bertz CT molecular complexity index is 580. The van der Waals surface area contributed by atoms with Crippen LogP contribution in [0.3, 0.4) is 0 Å². The summed E-state index contributed by atoms with van der Waals surface area (Å²) in [6, 6.07) is 3.53. The van der Waals surface area contributed by atoms with Crippen LogP contribution in [-0.2, 0) is 4.79 Å². The molecule has 0 aliphatic carbocycles. The van der Waals surface area contributed by atoms with E-state index in [1.165, 1.54) is 11.0 Å². The van der Waals surface area contributed by atoms with E-state index in [9.17, 15) is 14.0 Å². The molecule has 3 amide bonds. The molecular formula is C15H19ClFN3O2. The first kappa shape index (κ1) is 16.5. The number of hydrogen-bond acceptors (Lipinski definition) is 2. The first-order chi connectivity index (χ1) is 10.4. The number of piperazine rings is 1. The lowest BCUT2D eigenvalue weighted by atomic mass is 9.95. The number of hydrogen-bond donors (Lipinski definition) is 2. The molecule has 0 radical (unpaired) electrons. The Morgan fingerprint density at radius 2 is 2.18 bits per heavy atom. The van der Waals surface area contributed by atoms with Gasteiger partial charge in [0.1, 0.15) is 12.4 Å². The molecule has 1 aromatic rings. The van der Waals surface area contributed by atoms with E-state index in [4.69, 9.17) is 11.6 Å². The van der Waals surface area contributed by atoms with Crippen LogP contribution in [0.1, 0.15) is 25.5 Å². The van der Waals surface area contributed by atoms with Crippen molar-refractivity contribution in [3.05, 3.63) is 34.6 Å². The van der Waals surface area contributed by atoms with Gasteiger partial charge in [-0.3, -0.25) is 4.79 Å². The van der Waals surface area contributed by atoms with E-state index < -0.39 is 11.9 Å². The van der Waals surface area contributed by atoms with Crippen molar-refractivity contribution in [3.63, 3.8) is 0 Å². The van der Waals surface area contributed by atoms with Gasteiger partial charge in [-0.05, 0) is 18.1 Å². The van der Waals surface area contributed by atoms with E-state index in [0.717, 1.165) is 0 Å². The Morgan fingerprint density at radius 1 is 1.45 bits per heavy atom. The van der Waals surface area contributed by atoms with Crippen LogP contribution in [0.25, 0.3) is 0 Å². The summed E-state index contributed by atoms with van der Waals surface area (Å²) < 4.78 is 14.1. The number of nitrogens with zero attached hydrogens (tertiary/aromatic N) is 1. The van der Waals surface area contributed by atoms with Crippen LogP contribution in [0.5, 0.6) is 0 Å². The van der Waals surface area contributed by atoms with Crippen molar-refractivity contribution in [2.75, 3.05) is 19.6 Å². The second-order valence-electron chi connectivity index (χ2n) is 5.61. The Morgan fingerprint density at radius 3 is 2.77 bits per heavy atom. The zero-order valence-corrected chi connectivity index (χ0v) is 13.3.